The molecular weight excluding hydrogens is 248 g/mol. The quantitative estimate of drug-likeness (QED) is 0.765. The fourth-order valence-corrected chi connectivity index (χ4v) is 2.85. The van der Waals surface area contributed by atoms with Crippen LogP contribution in [0.5, 0.6) is 0 Å². The molecule has 4 heteroatoms. The van der Waals surface area contributed by atoms with Crippen molar-refractivity contribution in [3.63, 3.8) is 0 Å². The molecule has 0 N–H and O–H groups in total. The van der Waals surface area contributed by atoms with Gasteiger partial charge < -0.3 is 0 Å². The number of hydrogen-bond donors (Lipinski definition) is 0. The summed E-state index contributed by atoms with van der Waals surface area (Å²) in [7, 11) is 0. The Balaban J connectivity index is 2.13. The highest BCUT2D eigenvalue weighted by Crippen LogP contribution is 2.26. The minimum Gasteiger partial charge on any atom is -0.249 e. The number of aryl methyl sites for hydroxylation is 1. The zero-order valence-electron chi connectivity index (χ0n) is 10.3. The number of rotatable bonds is 4. The van der Waals surface area contributed by atoms with E-state index in [1.807, 2.05) is 24.9 Å². The van der Waals surface area contributed by atoms with Gasteiger partial charge in [-0.3, -0.25) is 0 Å². The molecule has 0 saturated heterocycles. The van der Waals surface area contributed by atoms with Crippen molar-refractivity contribution < 1.29 is 0 Å². The van der Waals surface area contributed by atoms with Crippen molar-refractivity contribution in [1.82, 2.24) is 9.97 Å². The van der Waals surface area contributed by atoms with Crippen molar-refractivity contribution >= 4 is 23.1 Å². The molecule has 90 valence electrons. The summed E-state index contributed by atoms with van der Waals surface area (Å²) in [6, 6.07) is 4.19. The van der Waals surface area contributed by atoms with Gasteiger partial charge in [-0.1, -0.05) is 13.8 Å². The lowest BCUT2D eigenvalue weighted by Gasteiger charge is -2.07. The second kappa shape index (κ2) is 5.65. The smallest absolute Gasteiger partial charge is 0.0962 e. The fraction of sp³-hybridized carbons (Fsp3) is 0.385. The maximum Gasteiger partial charge on any atom is 0.0962 e. The molecule has 1 atom stereocenters. The summed E-state index contributed by atoms with van der Waals surface area (Å²) in [6.07, 6.45) is 3.08. The Morgan fingerprint density at radius 3 is 2.76 bits per heavy atom. The number of thioether (sulfide) groups is 1. The summed E-state index contributed by atoms with van der Waals surface area (Å²) < 4.78 is 0. The first-order chi connectivity index (χ1) is 8.19. The van der Waals surface area contributed by atoms with E-state index < -0.39 is 0 Å². The lowest BCUT2D eigenvalue weighted by atomic mass is 10.2. The first-order valence-electron chi connectivity index (χ1n) is 5.74. The molecule has 2 aromatic rings. The molecule has 0 aliphatic rings. The van der Waals surface area contributed by atoms with Gasteiger partial charge in [-0.2, -0.15) is 0 Å². The maximum absolute atomic E-state index is 4.48. The SMILES string of the molecule is CCC(C)Sc1ccc(-c2csc(C)n2)cn1. The molecule has 1 unspecified atom stereocenters. The Bertz CT molecular complexity index is 476. The summed E-state index contributed by atoms with van der Waals surface area (Å²) in [5.41, 5.74) is 2.13. The van der Waals surface area contributed by atoms with Crippen LogP contribution in [0.2, 0.25) is 0 Å². The van der Waals surface area contributed by atoms with Crippen molar-refractivity contribution in [2.75, 3.05) is 0 Å². The standard InChI is InChI=1S/C13H16N2S2/c1-4-9(2)17-13-6-5-11(7-14-13)12-8-16-10(3)15-12/h5-9H,4H2,1-3H3. The molecule has 2 rings (SSSR count). The van der Waals surface area contributed by atoms with Crippen molar-refractivity contribution in [3.8, 4) is 11.3 Å². The number of pyridine rings is 1. The molecule has 0 aromatic carbocycles. The van der Waals surface area contributed by atoms with E-state index in [9.17, 15) is 0 Å². The molecule has 0 spiro atoms. The van der Waals surface area contributed by atoms with E-state index in [1.165, 1.54) is 6.42 Å². The number of hydrogen-bond acceptors (Lipinski definition) is 4. The van der Waals surface area contributed by atoms with Crippen molar-refractivity contribution in [2.24, 2.45) is 0 Å². The maximum atomic E-state index is 4.48. The van der Waals surface area contributed by atoms with Crippen LogP contribution in [0.25, 0.3) is 11.3 Å². The Kier molecular flexibility index (Phi) is 4.18. The molecule has 2 nitrogen and oxygen atoms in total. The second-order valence-corrected chi connectivity index (χ2v) is 6.49. The molecule has 0 aliphatic heterocycles. The van der Waals surface area contributed by atoms with E-state index in [1.54, 1.807) is 11.3 Å². The number of aromatic nitrogens is 2. The Labute approximate surface area is 111 Å². The van der Waals surface area contributed by atoms with Crippen molar-refractivity contribution in [3.05, 3.63) is 28.7 Å². The third kappa shape index (κ3) is 3.30. The highest BCUT2D eigenvalue weighted by atomic mass is 32.2. The molecule has 0 bridgehead atoms. The summed E-state index contributed by atoms with van der Waals surface area (Å²) in [5.74, 6) is 0. The van der Waals surface area contributed by atoms with E-state index in [-0.39, 0.29) is 0 Å². The highest BCUT2D eigenvalue weighted by Gasteiger charge is 2.05. The predicted molar refractivity (Wildman–Crippen MR) is 75.7 cm³/mol. The van der Waals surface area contributed by atoms with Gasteiger partial charge in [0, 0.05) is 22.4 Å². The van der Waals surface area contributed by atoms with Crippen LogP contribution in [0, 0.1) is 6.92 Å². The topological polar surface area (TPSA) is 25.8 Å². The fourth-order valence-electron chi connectivity index (χ4n) is 1.39. The Hall–Kier alpha value is -0.870. The largest absolute Gasteiger partial charge is 0.249 e. The summed E-state index contributed by atoms with van der Waals surface area (Å²) in [4.78, 5) is 8.94. The molecule has 0 aliphatic carbocycles. The summed E-state index contributed by atoms with van der Waals surface area (Å²) in [5, 5.41) is 4.89. The molecule has 0 fully saturated rings. The Morgan fingerprint density at radius 2 is 2.24 bits per heavy atom. The minimum absolute atomic E-state index is 0.620. The Morgan fingerprint density at radius 1 is 1.41 bits per heavy atom. The van der Waals surface area contributed by atoms with Crippen molar-refractivity contribution in [2.45, 2.75) is 37.5 Å². The average molecular weight is 264 g/mol. The number of nitrogens with zero attached hydrogens (tertiary/aromatic N) is 2. The van der Waals surface area contributed by atoms with Crippen LogP contribution < -0.4 is 0 Å². The van der Waals surface area contributed by atoms with Gasteiger partial charge in [0.1, 0.15) is 0 Å². The van der Waals surface area contributed by atoms with E-state index in [0.29, 0.717) is 5.25 Å². The van der Waals surface area contributed by atoms with Gasteiger partial charge in [0.15, 0.2) is 0 Å². The van der Waals surface area contributed by atoms with Gasteiger partial charge in [0.25, 0.3) is 0 Å². The molecule has 17 heavy (non-hydrogen) atoms. The molecular formula is C13H16N2S2. The lowest BCUT2D eigenvalue weighted by molar-refractivity contribution is 0.901. The van der Waals surface area contributed by atoms with Crippen LogP contribution >= 0.6 is 23.1 Å². The minimum atomic E-state index is 0.620. The monoisotopic (exact) mass is 264 g/mol. The summed E-state index contributed by atoms with van der Waals surface area (Å²) >= 11 is 3.50. The van der Waals surface area contributed by atoms with Crippen LogP contribution in [0.15, 0.2) is 28.7 Å². The first-order valence-corrected chi connectivity index (χ1v) is 7.50. The van der Waals surface area contributed by atoms with E-state index in [4.69, 9.17) is 0 Å². The molecule has 2 heterocycles. The van der Waals surface area contributed by atoms with Crippen LogP contribution in [0.1, 0.15) is 25.3 Å². The zero-order valence-corrected chi connectivity index (χ0v) is 11.9. The molecule has 2 aromatic heterocycles. The van der Waals surface area contributed by atoms with Crippen LogP contribution in [-0.4, -0.2) is 15.2 Å². The lowest BCUT2D eigenvalue weighted by Crippen LogP contribution is -1.93. The second-order valence-electron chi connectivity index (χ2n) is 3.97. The van der Waals surface area contributed by atoms with E-state index in [2.05, 4.69) is 41.3 Å². The highest BCUT2D eigenvalue weighted by molar-refractivity contribution is 7.99. The van der Waals surface area contributed by atoms with Gasteiger partial charge >= 0.3 is 0 Å². The van der Waals surface area contributed by atoms with E-state index in [0.717, 1.165) is 21.3 Å². The van der Waals surface area contributed by atoms with Gasteiger partial charge in [0.2, 0.25) is 0 Å². The van der Waals surface area contributed by atoms with Gasteiger partial charge in [-0.25, -0.2) is 9.97 Å². The van der Waals surface area contributed by atoms with Crippen LogP contribution in [0.3, 0.4) is 0 Å². The van der Waals surface area contributed by atoms with Crippen molar-refractivity contribution in [1.29, 1.82) is 0 Å². The summed E-state index contributed by atoms with van der Waals surface area (Å²) in [6.45, 7) is 6.45. The third-order valence-corrected chi connectivity index (χ3v) is 4.54. The predicted octanol–water partition coefficient (Wildman–Crippen LogP) is 4.40. The van der Waals surface area contributed by atoms with Crippen LogP contribution in [-0.2, 0) is 0 Å². The number of thiazole rings is 1. The average Bonchev–Trinajstić information content (AvgIpc) is 2.77. The van der Waals surface area contributed by atoms with Crippen LogP contribution in [0.4, 0.5) is 0 Å². The molecule has 0 radical (unpaired) electrons. The normalized spacial score (nSPS) is 12.6. The van der Waals surface area contributed by atoms with Gasteiger partial charge in [-0.15, -0.1) is 23.1 Å². The first kappa shape index (κ1) is 12.6. The van der Waals surface area contributed by atoms with Gasteiger partial charge in [0.05, 0.1) is 15.7 Å². The van der Waals surface area contributed by atoms with E-state index >= 15 is 0 Å². The molecule has 0 saturated carbocycles. The van der Waals surface area contributed by atoms with Gasteiger partial charge in [-0.05, 0) is 25.5 Å². The zero-order chi connectivity index (χ0) is 12.3. The third-order valence-electron chi connectivity index (χ3n) is 2.55. The molecule has 0 amide bonds.